The van der Waals surface area contributed by atoms with Crippen molar-refractivity contribution >= 4 is 11.9 Å². The third kappa shape index (κ3) is 2.12. The van der Waals surface area contributed by atoms with Crippen LogP contribution in [0.25, 0.3) is 0 Å². The Kier molecular flexibility index (Phi) is 2.65. The average Bonchev–Trinajstić information content (AvgIpc) is 2.88. The molecule has 1 aliphatic heterocycles. The predicted molar refractivity (Wildman–Crippen MR) is 51.1 cm³/mol. The summed E-state index contributed by atoms with van der Waals surface area (Å²) >= 11 is 0. The van der Waals surface area contributed by atoms with Gasteiger partial charge in [0.2, 0.25) is 5.91 Å². The molecule has 1 saturated carbocycles. The number of hydrogen-bond acceptors (Lipinski definition) is 3. The zero-order chi connectivity index (χ0) is 11.0. The summed E-state index contributed by atoms with van der Waals surface area (Å²) in [6.07, 6.45) is 0.475. The molecule has 1 heterocycles. The maximum absolute atomic E-state index is 11.6. The van der Waals surface area contributed by atoms with Gasteiger partial charge in [0.1, 0.15) is 0 Å². The van der Waals surface area contributed by atoms with E-state index in [9.17, 15) is 9.59 Å². The van der Waals surface area contributed by atoms with E-state index in [4.69, 9.17) is 9.84 Å². The fourth-order valence-corrected chi connectivity index (χ4v) is 1.89. The molecule has 1 amide bonds. The van der Waals surface area contributed by atoms with Crippen LogP contribution >= 0.6 is 0 Å². The minimum absolute atomic E-state index is 0.0487. The highest BCUT2D eigenvalue weighted by Crippen LogP contribution is 2.38. The van der Waals surface area contributed by atoms with Gasteiger partial charge in [0.25, 0.3) is 0 Å². The van der Waals surface area contributed by atoms with Crippen LogP contribution in [-0.4, -0.2) is 36.2 Å². The molecule has 2 unspecified atom stereocenters. The second kappa shape index (κ2) is 3.81. The molecule has 15 heavy (non-hydrogen) atoms. The van der Waals surface area contributed by atoms with Crippen LogP contribution in [0.3, 0.4) is 0 Å². The number of nitrogens with one attached hydrogen (secondary N) is 1. The van der Waals surface area contributed by atoms with E-state index in [1.807, 2.05) is 6.92 Å². The van der Waals surface area contributed by atoms with Gasteiger partial charge in [-0.3, -0.25) is 9.59 Å². The van der Waals surface area contributed by atoms with Crippen molar-refractivity contribution in [2.45, 2.75) is 19.4 Å². The second-order valence-electron chi connectivity index (χ2n) is 4.42. The highest BCUT2D eigenvalue weighted by molar-refractivity contribution is 5.89. The molecule has 0 radical (unpaired) electrons. The number of carbonyl (C=O) groups excluding carboxylic acids is 1. The molecule has 0 bridgehead atoms. The van der Waals surface area contributed by atoms with Crippen LogP contribution < -0.4 is 5.32 Å². The summed E-state index contributed by atoms with van der Waals surface area (Å²) in [5, 5.41) is 11.5. The predicted octanol–water partition coefficient (Wildman–Crippen LogP) is -0.142. The number of carbonyl (C=O) groups is 2. The Balaban J connectivity index is 1.81. The van der Waals surface area contributed by atoms with Crippen LogP contribution in [0, 0.1) is 17.8 Å². The standard InChI is InChI=1S/C10H15NO4/c1-5-3-15-4-8(5)11-9(12)6-2-7(6)10(13)14/h5-8H,2-4H2,1H3,(H,11,12)(H,13,14)/t5?,6-,7+,8?/m1/s1. The van der Waals surface area contributed by atoms with Gasteiger partial charge in [-0.05, 0) is 6.42 Å². The van der Waals surface area contributed by atoms with Crippen molar-refractivity contribution in [3.63, 3.8) is 0 Å². The van der Waals surface area contributed by atoms with Crippen molar-refractivity contribution in [2.24, 2.45) is 17.8 Å². The lowest BCUT2D eigenvalue weighted by Crippen LogP contribution is -2.40. The SMILES string of the molecule is CC1COCC1NC(=O)[C@@H]1C[C@@H]1C(=O)O. The van der Waals surface area contributed by atoms with E-state index in [0.29, 0.717) is 25.6 Å². The maximum Gasteiger partial charge on any atom is 0.307 e. The van der Waals surface area contributed by atoms with Gasteiger partial charge in [0.05, 0.1) is 31.1 Å². The van der Waals surface area contributed by atoms with Gasteiger partial charge in [-0.1, -0.05) is 6.92 Å². The quantitative estimate of drug-likeness (QED) is 0.684. The van der Waals surface area contributed by atoms with Crippen molar-refractivity contribution in [2.75, 3.05) is 13.2 Å². The van der Waals surface area contributed by atoms with E-state index in [0.717, 1.165) is 0 Å². The molecule has 2 aliphatic rings. The van der Waals surface area contributed by atoms with Gasteiger partial charge in [-0.25, -0.2) is 0 Å². The Morgan fingerprint density at radius 2 is 2.07 bits per heavy atom. The zero-order valence-electron chi connectivity index (χ0n) is 8.60. The lowest BCUT2D eigenvalue weighted by Gasteiger charge is -2.14. The fourth-order valence-electron chi connectivity index (χ4n) is 1.89. The number of carboxylic acid groups (broad SMARTS) is 1. The number of carboxylic acids is 1. The number of ether oxygens (including phenoxy) is 1. The number of rotatable bonds is 3. The normalized spacial score (nSPS) is 38.7. The fraction of sp³-hybridized carbons (Fsp3) is 0.800. The smallest absolute Gasteiger partial charge is 0.307 e. The number of amides is 1. The highest BCUT2D eigenvalue weighted by Gasteiger charge is 2.49. The maximum atomic E-state index is 11.6. The zero-order valence-corrected chi connectivity index (χ0v) is 8.60. The van der Waals surface area contributed by atoms with Crippen LogP contribution in [0.1, 0.15) is 13.3 Å². The first-order chi connectivity index (χ1) is 7.09. The summed E-state index contributed by atoms with van der Waals surface area (Å²) in [6.45, 7) is 3.22. The monoisotopic (exact) mass is 213 g/mol. The first kappa shape index (κ1) is 10.4. The summed E-state index contributed by atoms with van der Waals surface area (Å²) in [7, 11) is 0. The third-order valence-corrected chi connectivity index (χ3v) is 3.14. The Hall–Kier alpha value is -1.10. The molecule has 2 fully saturated rings. The number of hydrogen-bond donors (Lipinski definition) is 2. The Morgan fingerprint density at radius 1 is 1.33 bits per heavy atom. The molecule has 4 atom stereocenters. The lowest BCUT2D eigenvalue weighted by atomic mass is 10.1. The molecule has 0 aromatic rings. The molecule has 0 aromatic heterocycles. The van der Waals surface area contributed by atoms with E-state index in [1.54, 1.807) is 0 Å². The molecular formula is C10H15NO4. The van der Waals surface area contributed by atoms with Crippen molar-refractivity contribution in [3.05, 3.63) is 0 Å². The van der Waals surface area contributed by atoms with E-state index < -0.39 is 11.9 Å². The van der Waals surface area contributed by atoms with Gasteiger partial charge in [-0.2, -0.15) is 0 Å². The Morgan fingerprint density at radius 3 is 2.53 bits per heavy atom. The molecule has 1 aliphatic carbocycles. The van der Waals surface area contributed by atoms with Crippen molar-refractivity contribution < 1.29 is 19.4 Å². The largest absolute Gasteiger partial charge is 0.481 e. The molecular weight excluding hydrogens is 198 g/mol. The van der Waals surface area contributed by atoms with Gasteiger partial charge in [0, 0.05) is 5.92 Å². The molecule has 0 spiro atoms. The minimum atomic E-state index is -0.870. The molecule has 2 rings (SSSR count). The van der Waals surface area contributed by atoms with Gasteiger partial charge < -0.3 is 15.2 Å². The van der Waals surface area contributed by atoms with Crippen molar-refractivity contribution in [3.8, 4) is 0 Å². The first-order valence-corrected chi connectivity index (χ1v) is 5.20. The average molecular weight is 213 g/mol. The summed E-state index contributed by atoms with van der Waals surface area (Å²) in [6, 6.07) is 0.0487. The van der Waals surface area contributed by atoms with E-state index >= 15 is 0 Å². The van der Waals surface area contributed by atoms with E-state index in [1.165, 1.54) is 0 Å². The lowest BCUT2D eigenvalue weighted by molar-refractivity contribution is -0.140. The van der Waals surface area contributed by atoms with Crippen LogP contribution in [-0.2, 0) is 14.3 Å². The van der Waals surface area contributed by atoms with Gasteiger partial charge in [0.15, 0.2) is 0 Å². The summed E-state index contributed by atoms with van der Waals surface area (Å²) < 4.78 is 5.21. The first-order valence-electron chi connectivity index (χ1n) is 5.20. The van der Waals surface area contributed by atoms with Gasteiger partial charge >= 0.3 is 5.97 Å². The topological polar surface area (TPSA) is 75.6 Å². The number of aliphatic carboxylic acids is 1. The summed E-state index contributed by atoms with van der Waals surface area (Å²) in [4.78, 5) is 22.2. The molecule has 0 aromatic carbocycles. The molecule has 84 valence electrons. The molecule has 5 heteroatoms. The minimum Gasteiger partial charge on any atom is -0.481 e. The molecule has 5 nitrogen and oxygen atoms in total. The second-order valence-corrected chi connectivity index (χ2v) is 4.42. The Bertz CT molecular complexity index is 291. The van der Waals surface area contributed by atoms with Crippen molar-refractivity contribution in [1.82, 2.24) is 5.32 Å². The van der Waals surface area contributed by atoms with Crippen LogP contribution in [0.4, 0.5) is 0 Å². The van der Waals surface area contributed by atoms with Crippen LogP contribution in [0.5, 0.6) is 0 Å². The van der Waals surface area contributed by atoms with E-state index in [-0.39, 0.29) is 17.9 Å². The van der Waals surface area contributed by atoms with Crippen molar-refractivity contribution in [1.29, 1.82) is 0 Å². The molecule has 2 N–H and O–H groups in total. The Labute approximate surface area is 87.8 Å². The highest BCUT2D eigenvalue weighted by atomic mass is 16.5. The summed E-state index contributed by atoms with van der Waals surface area (Å²) in [5.41, 5.74) is 0. The molecule has 1 saturated heterocycles. The summed E-state index contributed by atoms with van der Waals surface area (Å²) in [5.74, 6) is -1.48. The van der Waals surface area contributed by atoms with E-state index in [2.05, 4.69) is 5.32 Å². The van der Waals surface area contributed by atoms with Crippen LogP contribution in [0.15, 0.2) is 0 Å². The third-order valence-electron chi connectivity index (χ3n) is 3.14. The van der Waals surface area contributed by atoms with Crippen LogP contribution in [0.2, 0.25) is 0 Å². The van der Waals surface area contributed by atoms with Gasteiger partial charge in [-0.15, -0.1) is 0 Å².